The molecular formula is C7H15N3OS. The summed E-state index contributed by atoms with van der Waals surface area (Å²) in [6, 6.07) is 0.146. The average Bonchev–Trinajstić information content (AvgIpc) is 1.99. The smallest absolute Gasteiger partial charge is 0.186 e. The second kappa shape index (κ2) is 2.83. The minimum Gasteiger partial charge on any atom is -0.369 e. The van der Waals surface area contributed by atoms with Gasteiger partial charge in [0.25, 0.3) is 0 Å². The first-order valence-corrected chi connectivity index (χ1v) is 4.36. The molecule has 0 bridgehead atoms. The molecule has 0 spiro atoms. The summed E-state index contributed by atoms with van der Waals surface area (Å²) in [6.45, 7) is 5.57. The molecule has 3 unspecified atom stereocenters. The molecular weight excluding hydrogens is 174 g/mol. The minimum absolute atomic E-state index is 0.0363. The molecule has 1 aliphatic heterocycles. The fraction of sp³-hybridized carbons (Fsp3) is 0.857. The first-order chi connectivity index (χ1) is 5.37. The predicted molar refractivity (Wildman–Crippen MR) is 51.0 cm³/mol. The van der Waals surface area contributed by atoms with Crippen molar-refractivity contribution in [1.82, 2.24) is 10.3 Å². The summed E-state index contributed by atoms with van der Waals surface area (Å²) in [5, 5.41) is 14.5. The van der Waals surface area contributed by atoms with Crippen molar-refractivity contribution in [3.05, 3.63) is 0 Å². The van der Waals surface area contributed by atoms with E-state index in [2.05, 4.69) is 5.32 Å². The molecule has 0 amide bonds. The van der Waals surface area contributed by atoms with E-state index in [1.807, 2.05) is 13.8 Å². The molecule has 0 aromatic carbocycles. The Hall–Kier alpha value is -0.390. The van der Waals surface area contributed by atoms with Gasteiger partial charge in [0.15, 0.2) is 10.8 Å². The van der Waals surface area contributed by atoms with Crippen LogP contribution in [-0.4, -0.2) is 27.0 Å². The van der Waals surface area contributed by atoms with Crippen molar-refractivity contribution in [1.29, 1.82) is 0 Å². The quantitative estimate of drug-likeness (QED) is 0.363. The second-order valence-electron chi connectivity index (χ2n) is 3.49. The molecule has 70 valence electrons. The lowest BCUT2D eigenvalue weighted by Gasteiger charge is -2.47. The maximum atomic E-state index is 9.93. The molecule has 0 aromatic rings. The molecule has 4 nitrogen and oxygen atoms in total. The largest absolute Gasteiger partial charge is 0.369 e. The van der Waals surface area contributed by atoms with Gasteiger partial charge in [0.1, 0.15) is 0 Å². The maximum Gasteiger partial charge on any atom is 0.186 e. The van der Waals surface area contributed by atoms with Gasteiger partial charge in [-0.1, -0.05) is 6.92 Å². The van der Waals surface area contributed by atoms with Crippen molar-refractivity contribution in [2.45, 2.75) is 32.5 Å². The minimum atomic E-state index is -1.05. The zero-order valence-electron chi connectivity index (χ0n) is 7.53. The van der Waals surface area contributed by atoms with Crippen LogP contribution in [0, 0.1) is 5.92 Å². The van der Waals surface area contributed by atoms with E-state index in [-0.39, 0.29) is 12.0 Å². The molecule has 0 aliphatic carbocycles. The van der Waals surface area contributed by atoms with Gasteiger partial charge in [0.05, 0.1) is 0 Å². The summed E-state index contributed by atoms with van der Waals surface area (Å²) in [5.74, 6) is 5.62. The monoisotopic (exact) mass is 189 g/mol. The number of nitrogens with one attached hydrogen (secondary N) is 1. The summed E-state index contributed by atoms with van der Waals surface area (Å²) in [5.41, 5.74) is -1.05. The van der Waals surface area contributed by atoms with Crippen LogP contribution in [0.4, 0.5) is 0 Å². The Morgan fingerprint density at radius 1 is 1.67 bits per heavy atom. The highest BCUT2D eigenvalue weighted by molar-refractivity contribution is 7.80. The number of nitrogens with zero attached hydrogens (tertiary/aromatic N) is 1. The molecule has 1 fully saturated rings. The average molecular weight is 189 g/mol. The van der Waals surface area contributed by atoms with Crippen LogP contribution in [0.15, 0.2) is 0 Å². The molecule has 4 N–H and O–H groups in total. The molecule has 3 atom stereocenters. The van der Waals surface area contributed by atoms with Crippen LogP contribution < -0.4 is 11.2 Å². The number of rotatable bonds is 0. The molecule has 1 heterocycles. The summed E-state index contributed by atoms with van der Waals surface area (Å²) in [6.07, 6.45) is 0. The Kier molecular flexibility index (Phi) is 2.29. The van der Waals surface area contributed by atoms with E-state index in [4.69, 9.17) is 18.1 Å². The predicted octanol–water partition coefficient (Wildman–Crippen LogP) is -0.217. The number of nitrogens with two attached hydrogens (primary N) is 1. The van der Waals surface area contributed by atoms with E-state index in [0.717, 1.165) is 0 Å². The topological polar surface area (TPSA) is 61.5 Å². The van der Waals surface area contributed by atoms with Crippen LogP contribution in [-0.2, 0) is 0 Å². The van der Waals surface area contributed by atoms with Crippen LogP contribution in [0.25, 0.3) is 0 Å². The summed E-state index contributed by atoms with van der Waals surface area (Å²) in [4.78, 5) is 0. The van der Waals surface area contributed by atoms with E-state index in [0.29, 0.717) is 5.11 Å². The Morgan fingerprint density at radius 3 is 2.67 bits per heavy atom. The van der Waals surface area contributed by atoms with E-state index in [9.17, 15) is 5.11 Å². The fourth-order valence-electron chi connectivity index (χ4n) is 1.29. The van der Waals surface area contributed by atoms with Crippen molar-refractivity contribution in [3.63, 3.8) is 0 Å². The van der Waals surface area contributed by atoms with Gasteiger partial charge in [-0.15, -0.1) is 0 Å². The Labute approximate surface area is 77.7 Å². The lowest BCUT2D eigenvalue weighted by Crippen LogP contribution is -2.69. The molecule has 0 radical (unpaired) electrons. The van der Waals surface area contributed by atoms with Crippen molar-refractivity contribution in [2.75, 3.05) is 0 Å². The van der Waals surface area contributed by atoms with Gasteiger partial charge in [-0.05, 0) is 26.1 Å². The van der Waals surface area contributed by atoms with E-state index >= 15 is 0 Å². The van der Waals surface area contributed by atoms with Gasteiger partial charge >= 0.3 is 0 Å². The lowest BCUT2D eigenvalue weighted by atomic mass is 9.90. The zero-order chi connectivity index (χ0) is 9.52. The Morgan fingerprint density at radius 2 is 2.17 bits per heavy atom. The van der Waals surface area contributed by atoms with Crippen LogP contribution in [0.1, 0.15) is 20.8 Å². The number of hydrogen-bond acceptors (Lipinski definition) is 3. The van der Waals surface area contributed by atoms with E-state index < -0.39 is 5.72 Å². The van der Waals surface area contributed by atoms with E-state index in [1.54, 1.807) is 6.92 Å². The van der Waals surface area contributed by atoms with Gasteiger partial charge in [-0.3, -0.25) is 5.01 Å². The fourth-order valence-corrected chi connectivity index (χ4v) is 1.66. The van der Waals surface area contributed by atoms with Gasteiger partial charge in [-0.2, -0.15) is 0 Å². The highest BCUT2D eigenvalue weighted by Crippen LogP contribution is 2.26. The third kappa shape index (κ3) is 1.28. The number of hydrogen-bond donors (Lipinski definition) is 3. The summed E-state index contributed by atoms with van der Waals surface area (Å²) in [7, 11) is 0. The van der Waals surface area contributed by atoms with Gasteiger partial charge in [0, 0.05) is 12.0 Å². The van der Waals surface area contributed by atoms with Gasteiger partial charge in [-0.25, -0.2) is 5.84 Å². The number of aliphatic hydroxyl groups is 1. The second-order valence-corrected chi connectivity index (χ2v) is 3.88. The molecule has 5 heteroatoms. The van der Waals surface area contributed by atoms with Crippen LogP contribution in [0.5, 0.6) is 0 Å². The lowest BCUT2D eigenvalue weighted by molar-refractivity contribution is -0.116. The third-order valence-electron chi connectivity index (χ3n) is 2.67. The Balaban J connectivity index is 2.89. The maximum absolute atomic E-state index is 9.93. The summed E-state index contributed by atoms with van der Waals surface area (Å²) < 4.78 is 0. The van der Waals surface area contributed by atoms with Gasteiger partial charge < -0.3 is 10.4 Å². The molecule has 0 aromatic heterocycles. The molecule has 1 rings (SSSR count). The van der Waals surface area contributed by atoms with Crippen molar-refractivity contribution in [3.8, 4) is 0 Å². The van der Waals surface area contributed by atoms with E-state index in [1.165, 1.54) is 5.01 Å². The molecule has 1 aliphatic rings. The first-order valence-electron chi connectivity index (χ1n) is 3.95. The van der Waals surface area contributed by atoms with Crippen LogP contribution in [0.2, 0.25) is 0 Å². The van der Waals surface area contributed by atoms with Crippen molar-refractivity contribution < 1.29 is 5.11 Å². The van der Waals surface area contributed by atoms with Gasteiger partial charge in [0.2, 0.25) is 0 Å². The zero-order valence-corrected chi connectivity index (χ0v) is 8.35. The SMILES string of the molecule is CC1NC(=S)N(N)C(C)(O)C1C. The molecule has 0 saturated carbocycles. The third-order valence-corrected chi connectivity index (χ3v) is 2.98. The molecule has 1 saturated heterocycles. The Bertz CT molecular complexity index is 207. The molecule has 12 heavy (non-hydrogen) atoms. The van der Waals surface area contributed by atoms with Crippen LogP contribution in [0.3, 0.4) is 0 Å². The first kappa shape index (κ1) is 9.70. The number of hydrazine groups is 1. The van der Waals surface area contributed by atoms with Crippen LogP contribution >= 0.6 is 12.2 Å². The number of thiocarbonyl (C=S) groups is 1. The highest BCUT2D eigenvalue weighted by atomic mass is 32.1. The summed E-state index contributed by atoms with van der Waals surface area (Å²) >= 11 is 4.94. The standard InChI is InChI=1S/C7H15N3OS/c1-4-5(2)9-6(12)10(8)7(4,3)11/h4-5,11H,8H2,1-3H3,(H,9,12). The van der Waals surface area contributed by atoms with Crippen molar-refractivity contribution >= 4 is 17.3 Å². The normalized spacial score (nSPS) is 42.8. The highest BCUT2D eigenvalue weighted by Gasteiger charge is 2.42. The van der Waals surface area contributed by atoms with Crippen molar-refractivity contribution in [2.24, 2.45) is 11.8 Å².